The zero-order valence-electron chi connectivity index (χ0n) is 16.3. The number of hydrogen-bond acceptors (Lipinski definition) is 4. The standard InChI is InChI=1S/C19H23F3N6O/c1-3-27(4-2)8-9-28(11-13-6-5-7-14-17(13)24-12-23-14)18(29)15-10-16(26-25-15)19(20,21)22/h5-7,10,12H,3-4,8-9,11H2,1-2H3,(H,23,24)(H,25,26). The number of carbonyl (C=O) groups excluding carboxylic acids is 1. The molecular formula is C19H23F3N6O. The normalized spacial score (nSPS) is 12.1. The molecule has 0 aliphatic heterocycles. The van der Waals surface area contributed by atoms with Gasteiger partial charge >= 0.3 is 6.18 Å². The monoisotopic (exact) mass is 408 g/mol. The van der Waals surface area contributed by atoms with Crippen molar-refractivity contribution in [2.75, 3.05) is 26.2 Å². The summed E-state index contributed by atoms with van der Waals surface area (Å²) < 4.78 is 38.6. The summed E-state index contributed by atoms with van der Waals surface area (Å²) in [4.78, 5) is 24.0. The number of likely N-dealkylation sites (N-methyl/N-ethyl adjacent to an activating group) is 1. The quantitative estimate of drug-likeness (QED) is 0.599. The highest BCUT2D eigenvalue weighted by molar-refractivity contribution is 5.92. The van der Waals surface area contributed by atoms with Crippen molar-refractivity contribution in [1.29, 1.82) is 0 Å². The SMILES string of the molecule is CCN(CC)CCN(Cc1cccc2[nH]cnc12)C(=O)c1cc(C(F)(F)F)n[nH]1. The minimum atomic E-state index is -4.61. The molecule has 0 saturated carbocycles. The first-order valence-corrected chi connectivity index (χ1v) is 9.38. The Morgan fingerprint density at radius 1 is 1.17 bits per heavy atom. The smallest absolute Gasteiger partial charge is 0.345 e. The Morgan fingerprint density at radius 2 is 1.93 bits per heavy atom. The third-order valence-electron chi connectivity index (χ3n) is 4.86. The highest BCUT2D eigenvalue weighted by atomic mass is 19.4. The van der Waals surface area contributed by atoms with E-state index >= 15 is 0 Å². The van der Waals surface area contributed by atoms with Crippen LogP contribution in [0.5, 0.6) is 0 Å². The highest BCUT2D eigenvalue weighted by Crippen LogP contribution is 2.28. The molecule has 3 rings (SSSR count). The molecule has 10 heteroatoms. The first-order valence-electron chi connectivity index (χ1n) is 9.38. The fraction of sp³-hybridized carbons (Fsp3) is 0.421. The van der Waals surface area contributed by atoms with Gasteiger partial charge in [-0.25, -0.2) is 4.98 Å². The molecule has 0 fully saturated rings. The summed E-state index contributed by atoms with van der Waals surface area (Å²) in [5.74, 6) is -0.535. The van der Waals surface area contributed by atoms with Gasteiger partial charge in [-0.05, 0) is 24.7 Å². The minimum absolute atomic E-state index is 0.189. The lowest BCUT2D eigenvalue weighted by Gasteiger charge is -2.26. The van der Waals surface area contributed by atoms with Crippen LogP contribution in [-0.4, -0.2) is 62.1 Å². The van der Waals surface area contributed by atoms with Crippen molar-refractivity contribution in [3.05, 3.63) is 47.5 Å². The van der Waals surface area contributed by atoms with Gasteiger partial charge in [-0.1, -0.05) is 26.0 Å². The molecule has 2 heterocycles. The molecule has 2 N–H and O–H groups in total. The molecule has 3 aromatic rings. The average molecular weight is 408 g/mol. The molecule has 0 aliphatic carbocycles. The molecule has 156 valence electrons. The van der Waals surface area contributed by atoms with Gasteiger partial charge in [0.15, 0.2) is 5.69 Å². The van der Waals surface area contributed by atoms with Crippen molar-refractivity contribution in [1.82, 2.24) is 30.0 Å². The number of nitrogens with one attached hydrogen (secondary N) is 2. The largest absolute Gasteiger partial charge is 0.435 e. The van der Waals surface area contributed by atoms with E-state index in [0.717, 1.165) is 35.8 Å². The van der Waals surface area contributed by atoms with Crippen LogP contribution in [0.1, 0.15) is 35.6 Å². The van der Waals surface area contributed by atoms with Gasteiger partial charge in [-0.3, -0.25) is 9.89 Å². The van der Waals surface area contributed by atoms with Gasteiger partial charge in [0, 0.05) is 25.7 Å². The van der Waals surface area contributed by atoms with Gasteiger partial charge in [0.25, 0.3) is 5.91 Å². The molecule has 29 heavy (non-hydrogen) atoms. The summed E-state index contributed by atoms with van der Waals surface area (Å²) in [5.41, 5.74) is 1.07. The van der Waals surface area contributed by atoms with Gasteiger partial charge in [0.1, 0.15) is 5.69 Å². The molecule has 0 spiro atoms. The number of H-pyrrole nitrogens is 2. The van der Waals surface area contributed by atoms with Crippen molar-refractivity contribution >= 4 is 16.9 Å². The summed E-state index contributed by atoms with van der Waals surface area (Å²) in [7, 11) is 0. The molecule has 1 aromatic carbocycles. The molecule has 0 saturated heterocycles. The molecule has 0 aliphatic rings. The fourth-order valence-corrected chi connectivity index (χ4v) is 3.16. The number of rotatable bonds is 8. The lowest BCUT2D eigenvalue weighted by atomic mass is 10.1. The van der Waals surface area contributed by atoms with E-state index < -0.39 is 17.8 Å². The van der Waals surface area contributed by atoms with Crippen LogP contribution >= 0.6 is 0 Å². The number of halogens is 3. The number of alkyl halides is 3. The van der Waals surface area contributed by atoms with E-state index in [-0.39, 0.29) is 12.2 Å². The lowest BCUT2D eigenvalue weighted by molar-refractivity contribution is -0.141. The molecule has 1 amide bonds. The van der Waals surface area contributed by atoms with Crippen molar-refractivity contribution in [2.45, 2.75) is 26.6 Å². The van der Waals surface area contributed by atoms with Gasteiger partial charge in [0.05, 0.1) is 17.4 Å². The van der Waals surface area contributed by atoms with Crippen LogP contribution in [0, 0.1) is 0 Å². The van der Waals surface area contributed by atoms with E-state index in [2.05, 4.69) is 25.1 Å². The summed E-state index contributed by atoms with van der Waals surface area (Å²) in [6.07, 6.45) is -3.04. The average Bonchev–Trinajstić information content (AvgIpc) is 3.36. The Kier molecular flexibility index (Phi) is 6.21. The maximum absolute atomic E-state index is 13.0. The van der Waals surface area contributed by atoms with Crippen molar-refractivity contribution in [3.8, 4) is 0 Å². The van der Waals surface area contributed by atoms with Gasteiger partial charge in [-0.15, -0.1) is 0 Å². The van der Waals surface area contributed by atoms with Crippen LogP contribution in [0.3, 0.4) is 0 Å². The number of carbonyl (C=O) groups is 1. The van der Waals surface area contributed by atoms with Crippen LogP contribution in [-0.2, 0) is 12.7 Å². The maximum Gasteiger partial charge on any atom is 0.435 e. The molecule has 0 radical (unpaired) electrons. The Morgan fingerprint density at radius 3 is 2.59 bits per heavy atom. The van der Waals surface area contributed by atoms with E-state index in [1.165, 1.54) is 4.90 Å². The molecule has 2 aromatic heterocycles. The van der Waals surface area contributed by atoms with Crippen LogP contribution < -0.4 is 0 Å². The fourth-order valence-electron chi connectivity index (χ4n) is 3.16. The number of para-hydroxylation sites is 1. The zero-order chi connectivity index (χ0) is 21.0. The van der Waals surface area contributed by atoms with Gasteiger partial charge < -0.3 is 14.8 Å². The lowest BCUT2D eigenvalue weighted by Crippen LogP contribution is -2.38. The van der Waals surface area contributed by atoms with Crippen molar-refractivity contribution < 1.29 is 18.0 Å². The van der Waals surface area contributed by atoms with E-state index in [1.807, 2.05) is 32.0 Å². The molecule has 0 unspecified atom stereocenters. The summed E-state index contributed by atoms with van der Waals surface area (Å²) in [6, 6.07) is 6.33. The van der Waals surface area contributed by atoms with Crippen LogP contribution in [0.4, 0.5) is 13.2 Å². The number of aromatic nitrogens is 4. The molecule has 0 bridgehead atoms. The number of nitrogens with zero attached hydrogens (tertiary/aromatic N) is 4. The highest BCUT2D eigenvalue weighted by Gasteiger charge is 2.35. The predicted octanol–water partition coefficient (Wildman–Crippen LogP) is 3.29. The second kappa shape index (κ2) is 8.64. The third kappa shape index (κ3) is 4.76. The summed E-state index contributed by atoms with van der Waals surface area (Å²) in [6.45, 7) is 6.86. The van der Waals surface area contributed by atoms with Crippen molar-refractivity contribution in [3.63, 3.8) is 0 Å². The van der Waals surface area contributed by atoms with Gasteiger partial charge in [-0.2, -0.15) is 18.3 Å². The molecular weight excluding hydrogens is 385 g/mol. The second-order valence-corrected chi connectivity index (χ2v) is 6.63. The van der Waals surface area contributed by atoms with Gasteiger partial charge in [0.2, 0.25) is 0 Å². The van der Waals surface area contributed by atoms with Crippen LogP contribution in [0.2, 0.25) is 0 Å². The first kappa shape index (κ1) is 20.8. The minimum Gasteiger partial charge on any atom is -0.345 e. The Hall–Kier alpha value is -2.88. The van der Waals surface area contributed by atoms with Crippen LogP contribution in [0.25, 0.3) is 11.0 Å². The molecule has 0 atom stereocenters. The number of fused-ring (bicyclic) bond motifs is 1. The topological polar surface area (TPSA) is 80.9 Å². The Balaban J connectivity index is 1.86. The third-order valence-corrected chi connectivity index (χ3v) is 4.86. The van der Waals surface area contributed by atoms with E-state index in [9.17, 15) is 18.0 Å². The number of imidazole rings is 1. The maximum atomic E-state index is 13.0. The Bertz CT molecular complexity index is 960. The van der Waals surface area contributed by atoms with Crippen LogP contribution in [0.15, 0.2) is 30.6 Å². The predicted molar refractivity (Wildman–Crippen MR) is 102 cm³/mol. The number of amides is 1. The van der Waals surface area contributed by atoms with E-state index in [1.54, 1.807) is 6.33 Å². The summed E-state index contributed by atoms with van der Waals surface area (Å²) >= 11 is 0. The second-order valence-electron chi connectivity index (χ2n) is 6.63. The number of benzene rings is 1. The van der Waals surface area contributed by atoms with Crippen molar-refractivity contribution in [2.24, 2.45) is 0 Å². The van der Waals surface area contributed by atoms with E-state index in [4.69, 9.17) is 0 Å². The summed E-state index contributed by atoms with van der Waals surface area (Å²) in [5, 5.41) is 5.47. The van der Waals surface area contributed by atoms with E-state index in [0.29, 0.717) is 13.1 Å². The Labute approximate surface area is 165 Å². The number of aromatic amines is 2. The molecule has 7 nitrogen and oxygen atoms in total. The zero-order valence-corrected chi connectivity index (χ0v) is 16.3. The number of hydrogen-bond donors (Lipinski definition) is 2. The first-order chi connectivity index (χ1) is 13.8.